The number of hydrogen-bond acceptors (Lipinski definition) is 8. The van der Waals surface area contributed by atoms with Gasteiger partial charge in [-0.25, -0.2) is 13.2 Å². The molecule has 0 fully saturated rings. The zero-order valence-corrected chi connectivity index (χ0v) is 22.0. The molecule has 1 atom stereocenters. The van der Waals surface area contributed by atoms with E-state index in [9.17, 15) is 9.18 Å². The minimum absolute atomic E-state index is 0.0317. The molecule has 0 radical (unpaired) electrons. The molecule has 0 unspecified atom stereocenters. The smallest absolute Gasteiger partial charge is 0.261 e. The topological polar surface area (TPSA) is 104 Å². The second-order valence-corrected chi connectivity index (χ2v) is 8.57. The highest BCUT2D eigenvalue weighted by atomic mass is 19.1. The highest BCUT2D eigenvalue weighted by molar-refractivity contribution is 6.06. The van der Waals surface area contributed by atoms with E-state index < -0.39 is 29.5 Å². The Bertz CT molecular complexity index is 1480. The molecule has 2 aromatic heterocycles. The second kappa shape index (κ2) is 13.0. The van der Waals surface area contributed by atoms with E-state index in [1.165, 1.54) is 44.8 Å². The average Bonchev–Trinajstić information content (AvgIpc) is 2.93. The maximum atomic E-state index is 15.1. The number of nitrogens with one attached hydrogen (secondary N) is 2. The van der Waals surface area contributed by atoms with E-state index in [0.29, 0.717) is 35.6 Å². The third-order valence-corrected chi connectivity index (χ3v) is 5.56. The van der Waals surface area contributed by atoms with Gasteiger partial charge in [0.2, 0.25) is 0 Å². The van der Waals surface area contributed by atoms with Crippen LogP contribution in [0.3, 0.4) is 0 Å². The van der Waals surface area contributed by atoms with Crippen LogP contribution in [0.2, 0.25) is 0 Å². The first-order valence-electron chi connectivity index (χ1n) is 12.2. The minimum Gasteiger partial charge on any atom is -0.493 e. The number of methoxy groups -OCH3 is 1. The van der Waals surface area contributed by atoms with Crippen LogP contribution in [-0.2, 0) is 0 Å². The summed E-state index contributed by atoms with van der Waals surface area (Å²) in [5.41, 5.74) is 0.250. The summed E-state index contributed by atoms with van der Waals surface area (Å²) in [5.74, 6) is -2.51. The molecule has 0 aliphatic rings. The van der Waals surface area contributed by atoms with Crippen molar-refractivity contribution in [3.05, 3.63) is 72.2 Å². The predicted molar refractivity (Wildman–Crippen MR) is 142 cm³/mol. The number of amides is 1. The van der Waals surface area contributed by atoms with Crippen LogP contribution in [-0.4, -0.2) is 56.0 Å². The minimum atomic E-state index is -1.27. The lowest BCUT2D eigenvalue weighted by molar-refractivity contribution is 0.102. The number of aromatic nitrogens is 2. The fourth-order valence-corrected chi connectivity index (χ4v) is 3.67. The van der Waals surface area contributed by atoms with Crippen molar-refractivity contribution in [2.75, 3.05) is 39.2 Å². The molecule has 0 aliphatic heterocycles. The lowest BCUT2D eigenvalue weighted by Crippen LogP contribution is -2.16. The summed E-state index contributed by atoms with van der Waals surface area (Å²) >= 11 is 0. The normalized spacial score (nSPS) is 11.7. The Morgan fingerprint density at radius 2 is 1.75 bits per heavy atom. The van der Waals surface area contributed by atoms with E-state index >= 15 is 8.78 Å². The number of fused-ring (bicyclic) bond motifs is 1. The molecule has 2 heterocycles. The number of carbonyl (C=O) groups excluding carboxylic acids is 1. The number of alkyl halides is 1. The molecule has 40 heavy (non-hydrogen) atoms. The number of hydrogen-bond donors (Lipinski definition) is 2. The number of nitrogens with zero attached hydrogens (tertiary/aromatic N) is 2. The van der Waals surface area contributed by atoms with Gasteiger partial charge in [-0.2, -0.15) is 0 Å². The lowest BCUT2D eigenvalue weighted by atomic mass is 10.1. The van der Waals surface area contributed by atoms with Gasteiger partial charge < -0.3 is 29.6 Å². The molecule has 0 spiro atoms. The van der Waals surface area contributed by atoms with Crippen molar-refractivity contribution in [3.8, 4) is 28.7 Å². The Hall–Kier alpha value is -4.58. The predicted octanol–water partition coefficient (Wildman–Crippen LogP) is 5.30. The van der Waals surface area contributed by atoms with Gasteiger partial charge in [0.15, 0.2) is 28.9 Å². The number of pyridine rings is 2. The summed E-state index contributed by atoms with van der Waals surface area (Å²) in [6.07, 6.45) is 2.74. The number of ether oxygens (including phenoxy) is 4. The van der Waals surface area contributed by atoms with Crippen molar-refractivity contribution in [2.24, 2.45) is 0 Å². The first-order chi connectivity index (χ1) is 19.3. The quantitative estimate of drug-likeness (QED) is 0.227. The van der Waals surface area contributed by atoms with E-state index in [4.69, 9.17) is 18.9 Å². The summed E-state index contributed by atoms with van der Waals surface area (Å²) < 4.78 is 65.4. The first-order valence-corrected chi connectivity index (χ1v) is 12.2. The molecule has 0 saturated heterocycles. The van der Waals surface area contributed by atoms with Crippen molar-refractivity contribution < 1.29 is 36.9 Å². The van der Waals surface area contributed by atoms with Gasteiger partial charge in [0, 0.05) is 54.4 Å². The SMILES string of the molecule is CNCCOc1cc2nccc(Oc3c(F)cc(NC(=O)c4cnccc4OC[C@@H](C)F)cc3F)c2cc1OC. The maximum Gasteiger partial charge on any atom is 0.261 e. The van der Waals surface area contributed by atoms with E-state index in [0.717, 1.165) is 12.1 Å². The molecule has 1 amide bonds. The van der Waals surface area contributed by atoms with Gasteiger partial charge in [-0.15, -0.1) is 0 Å². The van der Waals surface area contributed by atoms with Gasteiger partial charge >= 0.3 is 0 Å². The maximum absolute atomic E-state index is 15.1. The molecule has 9 nitrogen and oxygen atoms in total. The van der Waals surface area contributed by atoms with Gasteiger partial charge in [-0.3, -0.25) is 14.8 Å². The van der Waals surface area contributed by atoms with Crippen LogP contribution in [0.25, 0.3) is 10.9 Å². The second-order valence-electron chi connectivity index (χ2n) is 8.57. The van der Waals surface area contributed by atoms with Crippen LogP contribution in [0.15, 0.2) is 55.0 Å². The Morgan fingerprint density at radius 1 is 1.00 bits per heavy atom. The number of rotatable bonds is 12. The molecular weight excluding hydrogens is 529 g/mol. The lowest BCUT2D eigenvalue weighted by Gasteiger charge is -2.15. The van der Waals surface area contributed by atoms with E-state index in [2.05, 4.69) is 20.6 Å². The highest BCUT2D eigenvalue weighted by Crippen LogP contribution is 2.38. The monoisotopic (exact) mass is 556 g/mol. The van der Waals surface area contributed by atoms with Crippen LogP contribution in [0.4, 0.5) is 18.9 Å². The van der Waals surface area contributed by atoms with Crippen LogP contribution in [0, 0.1) is 11.6 Å². The largest absolute Gasteiger partial charge is 0.493 e. The molecule has 4 rings (SSSR count). The molecule has 0 bridgehead atoms. The Kier molecular flexibility index (Phi) is 9.23. The molecule has 2 N–H and O–H groups in total. The molecule has 2 aromatic carbocycles. The van der Waals surface area contributed by atoms with Crippen molar-refractivity contribution in [2.45, 2.75) is 13.1 Å². The van der Waals surface area contributed by atoms with Crippen molar-refractivity contribution >= 4 is 22.5 Å². The van der Waals surface area contributed by atoms with E-state index in [1.807, 2.05) is 0 Å². The fraction of sp³-hybridized carbons (Fsp3) is 0.250. The van der Waals surface area contributed by atoms with Crippen LogP contribution in [0.5, 0.6) is 28.7 Å². The third kappa shape index (κ3) is 6.70. The zero-order valence-electron chi connectivity index (χ0n) is 22.0. The Balaban J connectivity index is 1.57. The first kappa shape index (κ1) is 28.4. The summed E-state index contributed by atoms with van der Waals surface area (Å²) in [6.45, 7) is 2.03. The van der Waals surface area contributed by atoms with Crippen LogP contribution >= 0.6 is 0 Å². The standard InChI is InChI=1S/C28H27F3N4O5/c1-16(29)15-39-23-4-6-33-14-19(23)28(36)35-17-10-20(30)27(21(31)11-17)40-24-5-7-34-22-13-26(38-9-8-32-2)25(37-3)12-18(22)24/h4-7,10-14,16,32H,8-9,15H2,1-3H3,(H,35,36)/t16-/m1/s1. The summed E-state index contributed by atoms with van der Waals surface area (Å²) in [7, 11) is 3.27. The van der Waals surface area contributed by atoms with Gasteiger partial charge in [-0.05, 0) is 32.2 Å². The summed E-state index contributed by atoms with van der Waals surface area (Å²) in [6, 6.07) is 7.92. The molecule has 4 aromatic rings. The van der Waals surface area contributed by atoms with Gasteiger partial charge in [-0.1, -0.05) is 0 Å². The molecule has 0 aliphatic carbocycles. The molecule has 210 valence electrons. The zero-order chi connectivity index (χ0) is 28.6. The number of carbonyl (C=O) groups is 1. The van der Waals surface area contributed by atoms with E-state index in [1.54, 1.807) is 19.2 Å². The third-order valence-electron chi connectivity index (χ3n) is 5.56. The van der Waals surface area contributed by atoms with Crippen molar-refractivity contribution in [1.82, 2.24) is 15.3 Å². The fourth-order valence-electron chi connectivity index (χ4n) is 3.67. The van der Waals surface area contributed by atoms with Gasteiger partial charge in [0.25, 0.3) is 5.91 Å². The van der Waals surface area contributed by atoms with Crippen LogP contribution in [0.1, 0.15) is 17.3 Å². The number of benzene rings is 2. The number of halogens is 3. The Labute approximate surface area is 228 Å². The number of anilines is 1. The van der Waals surface area contributed by atoms with Crippen LogP contribution < -0.4 is 29.6 Å². The summed E-state index contributed by atoms with van der Waals surface area (Å²) in [5, 5.41) is 5.81. The average molecular weight is 557 g/mol. The Morgan fingerprint density at radius 3 is 2.45 bits per heavy atom. The molecule has 0 saturated carbocycles. The van der Waals surface area contributed by atoms with Crippen molar-refractivity contribution in [3.63, 3.8) is 0 Å². The molecule has 12 heteroatoms. The summed E-state index contributed by atoms with van der Waals surface area (Å²) in [4.78, 5) is 20.9. The van der Waals surface area contributed by atoms with Gasteiger partial charge in [0.05, 0.1) is 18.2 Å². The van der Waals surface area contributed by atoms with E-state index in [-0.39, 0.29) is 29.4 Å². The highest BCUT2D eigenvalue weighted by Gasteiger charge is 2.20. The molecular formula is C28H27F3N4O5. The van der Waals surface area contributed by atoms with Crippen molar-refractivity contribution in [1.29, 1.82) is 0 Å². The number of likely N-dealkylation sites (N-methyl/N-ethyl adjacent to an activating group) is 1. The van der Waals surface area contributed by atoms with Gasteiger partial charge in [0.1, 0.15) is 30.9 Å².